The van der Waals surface area contributed by atoms with Crippen molar-refractivity contribution < 1.29 is 4.52 Å². The third kappa shape index (κ3) is 3.12. The molecule has 0 aliphatic carbocycles. The first-order valence-corrected chi connectivity index (χ1v) is 7.07. The van der Waals surface area contributed by atoms with Crippen molar-refractivity contribution in [3.05, 3.63) is 17.5 Å². The number of aromatic nitrogens is 1. The van der Waals surface area contributed by atoms with Crippen LogP contribution in [0.5, 0.6) is 0 Å². The van der Waals surface area contributed by atoms with E-state index < -0.39 is 0 Å². The zero-order valence-corrected chi connectivity index (χ0v) is 11.8. The van der Waals surface area contributed by atoms with Crippen molar-refractivity contribution in [2.75, 3.05) is 19.6 Å². The van der Waals surface area contributed by atoms with Crippen molar-refractivity contribution in [2.45, 2.75) is 52.1 Å². The van der Waals surface area contributed by atoms with E-state index in [1.54, 1.807) is 0 Å². The van der Waals surface area contributed by atoms with E-state index in [9.17, 15) is 0 Å². The van der Waals surface area contributed by atoms with E-state index in [-0.39, 0.29) is 5.54 Å². The monoisotopic (exact) mass is 251 g/mol. The fourth-order valence-corrected chi connectivity index (χ4v) is 2.80. The Morgan fingerprint density at radius 1 is 1.44 bits per heavy atom. The van der Waals surface area contributed by atoms with Gasteiger partial charge in [0.05, 0.1) is 5.69 Å². The van der Waals surface area contributed by atoms with E-state index in [4.69, 9.17) is 4.52 Å². The summed E-state index contributed by atoms with van der Waals surface area (Å²) in [6, 6.07) is 2.04. The highest BCUT2D eigenvalue weighted by Gasteiger charge is 2.30. The third-order valence-corrected chi connectivity index (χ3v) is 4.09. The molecule has 4 nitrogen and oxygen atoms in total. The van der Waals surface area contributed by atoms with Crippen LogP contribution >= 0.6 is 0 Å². The molecule has 1 aromatic heterocycles. The van der Waals surface area contributed by atoms with E-state index in [0.29, 0.717) is 0 Å². The molecule has 102 valence electrons. The van der Waals surface area contributed by atoms with Gasteiger partial charge in [-0.15, -0.1) is 0 Å². The van der Waals surface area contributed by atoms with Gasteiger partial charge in [-0.25, -0.2) is 0 Å². The molecule has 1 aliphatic rings. The average molecular weight is 251 g/mol. The Labute approximate surface area is 110 Å². The molecule has 0 atom stereocenters. The first kappa shape index (κ1) is 13.6. The summed E-state index contributed by atoms with van der Waals surface area (Å²) in [6.07, 6.45) is 3.56. The molecule has 4 heteroatoms. The molecule has 0 radical (unpaired) electrons. The molecule has 1 saturated heterocycles. The van der Waals surface area contributed by atoms with Gasteiger partial charge in [0.1, 0.15) is 5.76 Å². The van der Waals surface area contributed by atoms with Gasteiger partial charge in [-0.1, -0.05) is 19.0 Å². The van der Waals surface area contributed by atoms with Gasteiger partial charge in [-0.3, -0.25) is 4.90 Å². The predicted molar refractivity (Wildman–Crippen MR) is 72.4 cm³/mol. The van der Waals surface area contributed by atoms with E-state index in [1.165, 1.54) is 19.3 Å². The number of hydrogen-bond acceptors (Lipinski definition) is 4. The molecule has 1 N–H and O–H groups in total. The Bertz CT molecular complexity index is 371. The summed E-state index contributed by atoms with van der Waals surface area (Å²) in [4.78, 5) is 2.50. The lowest BCUT2D eigenvalue weighted by Gasteiger charge is -2.35. The highest BCUT2D eigenvalue weighted by Crippen LogP contribution is 2.21. The lowest BCUT2D eigenvalue weighted by atomic mass is 9.92. The van der Waals surface area contributed by atoms with E-state index in [1.807, 2.05) is 13.0 Å². The lowest BCUT2D eigenvalue weighted by Crippen LogP contribution is -2.50. The first-order chi connectivity index (χ1) is 8.67. The smallest absolute Gasteiger partial charge is 0.133 e. The molecular formula is C14H25N3O. The summed E-state index contributed by atoms with van der Waals surface area (Å²) in [5.74, 6) is 0.898. The van der Waals surface area contributed by atoms with Crippen LogP contribution in [0.2, 0.25) is 0 Å². The number of rotatable bonds is 4. The Kier molecular flexibility index (Phi) is 4.40. The van der Waals surface area contributed by atoms with Crippen molar-refractivity contribution in [3.8, 4) is 0 Å². The lowest BCUT2D eigenvalue weighted by molar-refractivity contribution is 0.187. The van der Waals surface area contributed by atoms with Crippen molar-refractivity contribution >= 4 is 0 Å². The average Bonchev–Trinajstić information content (AvgIpc) is 2.66. The topological polar surface area (TPSA) is 41.3 Å². The molecule has 0 bridgehead atoms. The zero-order chi connectivity index (χ0) is 13.0. The maximum atomic E-state index is 5.15. The number of nitrogens with one attached hydrogen (secondary N) is 1. The van der Waals surface area contributed by atoms with Gasteiger partial charge in [0, 0.05) is 24.7 Å². The normalized spacial score (nSPS) is 20.8. The Morgan fingerprint density at radius 2 is 2.22 bits per heavy atom. The summed E-state index contributed by atoms with van der Waals surface area (Å²) in [5, 5.41) is 7.83. The Hall–Kier alpha value is -0.870. The molecule has 1 fully saturated rings. The highest BCUT2D eigenvalue weighted by molar-refractivity contribution is 5.04. The first-order valence-electron chi connectivity index (χ1n) is 7.07. The van der Waals surface area contributed by atoms with Crippen molar-refractivity contribution in [3.63, 3.8) is 0 Å². The SMILES string of the molecule is CCC1(CC)CN(Cc2cc(C)on2)CCCN1. The van der Waals surface area contributed by atoms with Crippen LogP contribution in [0.1, 0.15) is 44.6 Å². The van der Waals surface area contributed by atoms with Gasteiger partial charge in [0.2, 0.25) is 0 Å². The van der Waals surface area contributed by atoms with Gasteiger partial charge in [0.25, 0.3) is 0 Å². The third-order valence-electron chi connectivity index (χ3n) is 4.09. The van der Waals surface area contributed by atoms with Crippen LogP contribution in [0.25, 0.3) is 0 Å². The number of nitrogens with zero attached hydrogens (tertiary/aromatic N) is 2. The molecule has 2 rings (SSSR count). The largest absolute Gasteiger partial charge is 0.361 e. The van der Waals surface area contributed by atoms with Crippen LogP contribution in [0, 0.1) is 6.92 Å². The van der Waals surface area contributed by atoms with Crippen LogP contribution in [-0.2, 0) is 6.54 Å². The van der Waals surface area contributed by atoms with Crippen LogP contribution < -0.4 is 5.32 Å². The van der Waals surface area contributed by atoms with E-state index in [2.05, 4.69) is 29.2 Å². The molecule has 0 spiro atoms. The predicted octanol–water partition coefficient (Wildman–Crippen LogP) is 2.34. The van der Waals surface area contributed by atoms with Crippen LogP contribution in [0.15, 0.2) is 10.6 Å². The van der Waals surface area contributed by atoms with Crippen molar-refractivity contribution in [1.82, 2.24) is 15.4 Å². The van der Waals surface area contributed by atoms with Gasteiger partial charge in [-0.2, -0.15) is 0 Å². The van der Waals surface area contributed by atoms with Gasteiger partial charge in [-0.05, 0) is 39.3 Å². The molecule has 2 heterocycles. The second kappa shape index (κ2) is 5.85. The van der Waals surface area contributed by atoms with E-state index in [0.717, 1.165) is 37.6 Å². The second-order valence-electron chi connectivity index (χ2n) is 5.41. The molecule has 0 saturated carbocycles. The summed E-state index contributed by atoms with van der Waals surface area (Å²) < 4.78 is 5.15. The van der Waals surface area contributed by atoms with Crippen LogP contribution in [0.4, 0.5) is 0 Å². The molecule has 0 aromatic carbocycles. The summed E-state index contributed by atoms with van der Waals surface area (Å²) >= 11 is 0. The van der Waals surface area contributed by atoms with Crippen molar-refractivity contribution in [2.24, 2.45) is 0 Å². The summed E-state index contributed by atoms with van der Waals surface area (Å²) in [5.41, 5.74) is 1.32. The van der Waals surface area contributed by atoms with E-state index >= 15 is 0 Å². The maximum Gasteiger partial charge on any atom is 0.133 e. The van der Waals surface area contributed by atoms with Crippen LogP contribution in [0.3, 0.4) is 0 Å². The van der Waals surface area contributed by atoms with Crippen LogP contribution in [-0.4, -0.2) is 35.2 Å². The zero-order valence-electron chi connectivity index (χ0n) is 11.8. The minimum Gasteiger partial charge on any atom is -0.361 e. The second-order valence-corrected chi connectivity index (χ2v) is 5.41. The summed E-state index contributed by atoms with van der Waals surface area (Å²) in [6.45, 7) is 10.8. The fourth-order valence-electron chi connectivity index (χ4n) is 2.80. The number of hydrogen-bond donors (Lipinski definition) is 1. The molecule has 18 heavy (non-hydrogen) atoms. The quantitative estimate of drug-likeness (QED) is 0.892. The Balaban J connectivity index is 2.03. The van der Waals surface area contributed by atoms with Gasteiger partial charge in [0.15, 0.2) is 0 Å². The maximum absolute atomic E-state index is 5.15. The van der Waals surface area contributed by atoms with Gasteiger partial charge < -0.3 is 9.84 Å². The molecular weight excluding hydrogens is 226 g/mol. The molecule has 0 amide bonds. The number of aryl methyl sites for hydroxylation is 1. The van der Waals surface area contributed by atoms with Gasteiger partial charge >= 0.3 is 0 Å². The molecule has 1 aromatic rings. The van der Waals surface area contributed by atoms with Crippen molar-refractivity contribution in [1.29, 1.82) is 0 Å². The Morgan fingerprint density at radius 3 is 2.83 bits per heavy atom. The fraction of sp³-hybridized carbons (Fsp3) is 0.786. The minimum atomic E-state index is 0.273. The highest BCUT2D eigenvalue weighted by atomic mass is 16.5. The molecule has 1 aliphatic heterocycles. The summed E-state index contributed by atoms with van der Waals surface area (Å²) in [7, 11) is 0. The standard InChI is InChI=1S/C14H25N3O/c1-4-14(5-2)11-17(8-6-7-15-14)10-13-9-12(3)18-16-13/h9,15H,4-8,10-11H2,1-3H3. The minimum absolute atomic E-state index is 0.273. The molecule has 0 unspecified atom stereocenters.